The molecule has 0 bridgehead atoms. The Morgan fingerprint density at radius 3 is 2.86 bits per heavy atom. The van der Waals surface area contributed by atoms with E-state index >= 15 is 0 Å². The molecule has 1 nitrogen and oxygen atoms in total. The van der Waals surface area contributed by atoms with Crippen LogP contribution in [-0.4, -0.2) is 5.78 Å². The number of aryl methyl sites for hydroxylation is 1. The number of carbonyl (C=O) groups excluding carboxylic acids is 1. The van der Waals surface area contributed by atoms with E-state index in [1.54, 1.807) is 12.1 Å². The minimum absolute atomic E-state index is 0.185. The number of ketones is 1. The van der Waals surface area contributed by atoms with Crippen LogP contribution in [-0.2, 0) is 4.79 Å². The van der Waals surface area contributed by atoms with Gasteiger partial charge in [-0.3, -0.25) is 4.79 Å². The van der Waals surface area contributed by atoms with Crippen molar-refractivity contribution in [2.45, 2.75) is 32.1 Å². The molecule has 0 saturated heterocycles. The predicted molar refractivity (Wildman–Crippen MR) is 52.7 cm³/mol. The van der Waals surface area contributed by atoms with Crippen molar-refractivity contribution in [2.75, 3.05) is 0 Å². The van der Waals surface area contributed by atoms with Crippen molar-refractivity contribution in [3.8, 4) is 0 Å². The lowest BCUT2D eigenvalue weighted by molar-refractivity contribution is -0.118. The van der Waals surface area contributed by atoms with Crippen LogP contribution < -0.4 is 0 Å². The first-order valence-corrected chi connectivity index (χ1v) is 4.97. The molecule has 0 heterocycles. The lowest BCUT2D eigenvalue weighted by Gasteiger charge is -2.10. The van der Waals surface area contributed by atoms with E-state index in [-0.39, 0.29) is 17.5 Å². The number of hydrogen-bond donors (Lipinski definition) is 0. The quantitative estimate of drug-likeness (QED) is 0.668. The second-order valence-corrected chi connectivity index (χ2v) is 3.94. The van der Waals surface area contributed by atoms with Crippen LogP contribution in [0, 0.1) is 12.7 Å². The molecule has 1 aliphatic rings. The van der Waals surface area contributed by atoms with Gasteiger partial charge < -0.3 is 0 Å². The van der Waals surface area contributed by atoms with Crippen molar-refractivity contribution >= 4 is 5.78 Å². The highest BCUT2D eigenvalue weighted by Crippen LogP contribution is 2.32. The van der Waals surface area contributed by atoms with Gasteiger partial charge in [0.15, 0.2) is 0 Å². The van der Waals surface area contributed by atoms with Crippen molar-refractivity contribution < 1.29 is 9.18 Å². The van der Waals surface area contributed by atoms with Crippen LogP contribution in [0.4, 0.5) is 4.39 Å². The molecule has 1 aromatic carbocycles. The van der Waals surface area contributed by atoms with Gasteiger partial charge in [-0.2, -0.15) is 0 Å². The second-order valence-electron chi connectivity index (χ2n) is 3.94. The minimum Gasteiger partial charge on any atom is -0.299 e. The number of Topliss-reactive ketones (excluding diaryl/α,β-unsaturated/α-hetero) is 1. The van der Waals surface area contributed by atoms with Crippen LogP contribution >= 0.6 is 0 Å². The SMILES string of the molecule is Cc1ccc(F)c(C2CCCC2=O)c1. The largest absolute Gasteiger partial charge is 0.299 e. The Labute approximate surface area is 82.9 Å². The van der Waals surface area contributed by atoms with Gasteiger partial charge in [-0.15, -0.1) is 0 Å². The lowest BCUT2D eigenvalue weighted by atomic mass is 9.95. The van der Waals surface area contributed by atoms with E-state index < -0.39 is 0 Å². The zero-order valence-corrected chi connectivity index (χ0v) is 8.22. The van der Waals surface area contributed by atoms with E-state index in [4.69, 9.17) is 0 Å². The number of hydrogen-bond acceptors (Lipinski definition) is 1. The molecule has 14 heavy (non-hydrogen) atoms. The highest BCUT2D eigenvalue weighted by Gasteiger charge is 2.27. The molecule has 1 aromatic rings. The number of benzene rings is 1. The monoisotopic (exact) mass is 192 g/mol. The topological polar surface area (TPSA) is 17.1 Å². The average Bonchev–Trinajstić information content (AvgIpc) is 2.56. The number of carbonyl (C=O) groups is 1. The van der Waals surface area contributed by atoms with Gasteiger partial charge in [0.25, 0.3) is 0 Å². The molecule has 74 valence electrons. The maximum Gasteiger partial charge on any atom is 0.140 e. The van der Waals surface area contributed by atoms with Crippen LogP contribution in [0.3, 0.4) is 0 Å². The molecular weight excluding hydrogens is 179 g/mol. The zero-order chi connectivity index (χ0) is 10.1. The molecule has 0 N–H and O–H groups in total. The van der Waals surface area contributed by atoms with Gasteiger partial charge >= 0.3 is 0 Å². The summed E-state index contributed by atoms with van der Waals surface area (Å²) in [5.74, 6) is -0.236. The van der Waals surface area contributed by atoms with Gasteiger partial charge in [0.1, 0.15) is 11.6 Å². The molecule has 1 atom stereocenters. The average molecular weight is 192 g/mol. The predicted octanol–water partition coefficient (Wildman–Crippen LogP) is 2.97. The van der Waals surface area contributed by atoms with Crippen LogP contribution in [0.5, 0.6) is 0 Å². The molecule has 2 rings (SSSR count). The molecule has 1 saturated carbocycles. The van der Waals surface area contributed by atoms with E-state index in [1.165, 1.54) is 6.07 Å². The molecule has 0 spiro atoms. The molecule has 1 aliphatic carbocycles. The van der Waals surface area contributed by atoms with E-state index in [0.717, 1.165) is 18.4 Å². The highest BCUT2D eigenvalue weighted by molar-refractivity contribution is 5.87. The first-order chi connectivity index (χ1) is 6.68. The van der Waals surface area contributed by atoms with Crippen molar-refractivity contribution in [1.29, 1.82) is 0 Å². The van der Waals surface area contributed by atoms with E-state index in [2.05, 4.69) is 0 Å². The zero-order valence-electron chi connectivity index (χ0n) is 8.22. The smallest absolute Gasteiger partial charge is 0.140 e. The molecule has 1 unspecified atom stereocenters. The molecule has 0 radical (unpaired) electrons. The van der Waals surface area contributed by atoms with E-state index in [0.29, 0.717) is 12.0 Å². The van der Waals surface area contributed by atoms with Gasteiger partial charge in [-0.25, -0.2) is 4.39 Å². The van der Waals surface area contributed by atoms with Crippen molar-refractivity contribution in [2.24, 2.45) is 0 Å². The Morgan fingerprint density at radius 1 is 1.43 bits per heavy atom. The summed E-state index contributed by atoms with van der Waals surface area (Å²) >= 11 is 0. The summed E-state index contributed by atoms with van der Waals surface area (Å²) in [6, 6.07) is 4.98. The molecule has 0 aliphatic heterocycles. The summed E-state index contributed by atoms with van der Waals surface area (Å²) in [6.07, 6.45) is 2.31. The normalized spacial score (nSPS) is 21.6. The Morgan fingerprint density at radius 2 is 2.21 bits per heavy atom. The molecule has 0 amide bonds. The maximum absolute atomic E-state index is 13.4. The van der Waals surface area contributed by atoms with Gasteiger partial charge in [-0.05, 0) is 31.4 Å². The van der Waals surface area contributed by atoms with Gasteiger partial charge in [-0.1, -0.05) is 17.7 Å². The summed E-state index contributed by atoms with van der Waals surface area (Å²) in [7, 11) is 0. The fourth-order valence-corrected chi connectivity index (χ4v) is 2.07. The van der Waals surface area contributed by atoms with Gasteiger partial charge in [0, 0.05) is 12.3 Å². The maximum atomic E-state index is 13.4. The van der Waals surface area contributed by atoms with Gasteiger partial charge in [0.05, 0.1) is 0 Å². The van der Waals surface area contributed by atoms with Crippen molar-refractivity contribution in [3.05, 3.63) is 35.1 Å². The third kappa shape index (κ3) is 1.57. The molecule has 0 aromatic heterocycles. The Balaban J connectivity index is 2.39. The number of halogens is 1. The summed E-state index contributed by atoms with van der Waals surface area (Å²) < 4.78 is 13.4. The first-order valence-electron chi connectivity index (χ1n) is 4.97. The highest BCUT2D eigenvalue weighted by atomic mass is 19.1. The lowest BCUT2D eigenvalue weighted by Crippen LogP contribution is -2.06. The minimum atomic E-state index is -0.240. The Kier molecular flexibility index (Phi) is 2.36. The third-order valence-corrected chi connectivity index (χ3v) is 2.83. The summed E-state index contributed by atoms with van der Waals surface area (Å²) in [6.45, 7) is 1.92. The van der Waals surface area contributed by atoms with Crippen LogP contribution in [0.2, 0.25) is 0 Å². The van der Waals surface area contributed by atoms with Crippen LogP contribution in [0.1, 0.15) is 36.3 Å². The second kappa shape index (κ2) is 3.52. The molecule has 1 fully saturated rings. The van der Waals surface area contributed by atoms with Crippen LogP contribution in [0.15, 0.2) is 18.2 Å². The van der Waals surface area contributed by atoms with Crippen molar-refractivity contribution in [3.63, 3.8) is 0 Å². The summed E-state index contributed by atoms with van der Waals surface area (Å²) in [5.41, 5.74) is 1.61. The molecular formula is C12H13FO. The standard InChI is InChI=1S/C12H13FO/c1-8-5-6-11(13)10(7-8)9-3-2-4-12(9)14/h5-7,9H,2-4H2,1H3. The summed E-state index contributed by atoms with van der Waals surface area (Å²) in [5, 5.41) is 0. The van der Waals surface area contributed by atoms with Crippen LogP contribution in [0.25, 0.3) is 0 Å². The van der Waals surface area contributed by atoms with Crippen molar-refractivity contribution in [1.82, 2.24) is 0 Å². The van der Waals surface area contributed by atoms with E-state index in [1.807, 2.05) is 6.92 Å². The first kappa shape index (κ1) is 9.38. The van der Waals surface area contributed by atoms with Gasteiger partial charge in [0.2, 0.25) is 0 Å². The summed E-state index contributed by atoms with van der Waals surface area (Å²) in [4.78, 5) is 11.5. The van der Waals surface area contributed by atoms with E-state index in [9.17, 15) is 9.18 Å². The Bertz CT molecular complexity index is 371. The number of rotatable bonds is 1. The fourth-order valence-electron chi connectivity index (χ4n) is 2.07. The Hall–Kier alpha value is -1.18. The third-order valence-electron chi connectivity index (χ3n) is 2.83. The molecule has 2 heteroatoms. The fraction of sp³-hybridized carbons (Fsp3) is 0.417.